The van der Waals surface area contributed by atoms with Crippen molar-refractivity contribution in [3.05, 3.63) is 48.6 Å². The van der Waals surface area contributed by atoms with Crippen LogP contribution in [0.1, 0.15) is 57.8 Å². The van der Waals surface area contributed by atoms with E-state index in [0.29, 0.717) is 12.8 Å². The van der Waals surface area contributed by atoms with Crippen LogP contribution in [0.2, 0.25) is 0 Å². The lowest BCUT2D eigenvalue weighted by Crippen LogP contribution is -2.37. The van der Waals surface area contributed by atoms with E-state index in [1.165, 1.54) is 6.08 Å². The molecule has 0 heterocycles. The third kappa shape index (κ3) is 20.3. The largest absolute Gasteiger partial charge is 0.481 e. The second kappa shape index (κ2) is 14.2. The van der Waals surface area contributed by atoms with E-state index in [4.69, 9.17) is 10.8 Å². The van der Waals surface area contributed by atoms with E-state index in [-0.39, 0.29) is 19.3 Å². The van der Waals surface area contributed by atoms with Gasteiger partial charge < -0.3 is 15.9 Å². The molecule has 4 N–H and O–H groups in total. The van der Waals surface area contributed by atoms with Gasteiger partial charge in [-0.2, -0.15) is 13.2 Å². The molecule has 0 aliphatic heterocycles. The topological polar surface area (TPSA) is 83.5 Å². The van der Waals surface area contributed by atoms with Gasteiger partial charge in [-0.15, -0.1) is 0 Å². The summed E-state index contributed by atoms with van der Waals surface area (Å²) in [6.45, 7) is 0. The van der Waals surface area contributed by atoms with Gasteiger partial charge in [-0.3, -0.25) is 4.79 Å². The zero-order valence-electron chi connectivity index (χ0n) is 15.5. The van der Waals surface area contributed by atoms with Crippen LogP contribution in [0.15, 0.2) is 48.6 Å². The molecule has 0 aliphatic rings. The lowest BCUT2D eigenvalue weighted by Gasteiger charge is -2.17. The lowest BCUT2D eigenvalue weighted by atomic mass is 10.1. The summed E-state index contributed by atoms with van der Waals surface area (Å²) < 4.78 is 35.8. The van der Waals surface area contributed by atoms with Crippen LogP contribution in [0.25, 0.3) is 0 Å². The summed E-state index contributed by atoms with van der Waals surface area (Å²) in [5, 5.41) is 18.4. The summed E-state index contributed by atoms with van der Waals surface area (Å²) >= 11 is 0. The van der Waals surface area contributed by atoms with Crippen molar-refractivity contribution in [2.45, 2.75) is 69.7 Å². The molecule has 0 aromatic carbocycles. The minimum absolute atomic E-state index is 0.0359. The monoisotopic (exact) mass is 389 g/mol. The van der Waals surface area contributed by atoms with Crippen LogP contribution in [0.3, 0.4) is 0 Å². The fourth-order valence-electron chi connectivity index (χ4n) is 2.20. The maximum atomic E-state index is 11.9. The minimum atomic E-state index is -4.05. The zero-order chi connectivity index (χ0) is 20.6. The van der Waals surface area contributed by atoms with Crippen molar-refractivity contribution < 1.29 is 28.2 Å². The van der Waals surface area contributed by atoms with Crippen LogP contribution < -0.4 is 5.73 Å². The molecule has 0 saturated carbocycles. The van der Waals surface area contributed by atoms with Gasteiger partial charge in [0.1, 0.15) is 5.72 Å². The van der Waals surface area contributed by atoms with Gasteiger partial charge >= 0.3 is 12.1 Å². The Morgan fingerprint density at radius 1 is 0.852 bits per heavy atom. The number of rotatable bonds is 14. The highest BCUT2D eigenvalue weighted by molar-refractivity contribution is 5.66. The maximum absolute atomic E-state index is 11.9. The van der Waals surface area contributed by atoms with Crippen LogP contribution in [0, 0.1) is 0 Å². The first kappa shape index (κ1) is 25.1. The number of carbonyl (C=O) groups is 1. The second-order valence-corrected chi connectivity index (χ2v) is 6.36. The Morgan fingerprint density at radius 2 is 1.44 bits per heavy atom. The molecule has 0 aromatic rings. The first-order valence-electron chi connectivity index (χ1n) is 9.10. The third-order valence-corrected chi connectivity index (χ3v) is 3.63. The Labute approximate surface area is 159 Å². The number of halogens is 3. The van der Waals surface area contributed by atoms with Crippen LogP contribution in [0.4, 0.5) is 13.2 Å². The second-order valence-electron chi connectivity index (χ2n) is 6.36. The molecular formula is C20H30F3NO3. The quantitative estimate of drug-likeness (QED) is 0.221. The van der Waals surface area contributed by atoms with Crippen molar-refractivity contribution >= 4 is 5.97 Å². The number of aliphatic hydroxyl groups is 1. The molecule has 0 spiro atoms. The highest BCUT2D eigenvalue weighted by Crippen LogP contribution is 2.23. The molecule has 0 radical (unpaired) electrons. The Hall–Kier alpha value is -1.86. The van der Waals surface area contributed by atoms with Crippen molar-refractivity contribution in [1.29, 1.82) is 0 Å². The molecule has 27 heavy (non-hydrogen) atoms. The van der Waals surface area contributed by atoms with Gasteiger partial charge in [-0.25, -0.2) is 0 Å². The van der Waals surface area contributed by atoms with Crippen molar-refractivity contribution in [2.24, 2.45) is 5.73 Å². The van der Waals surface area contributed by atoms with Crippen molar-refractivity contribution in [2.75, 3.05) is 0 Å². The van der Waals surface area contributed by atoms with Gasteiger partial charge in [0.15, 0.2) is 0 Å². The number of hydrogen-bond donors (Lipinski definition) is 3. The SMILES string of the molecule is N[C@@](O)(/C=C/C=C\C=C\C=C\CCCCCCC(F)(F)F)CCCC(=O)O. The standard InChI is InChI=1S/C20H30F3NO3/c21-20(22,23)17-12-10-8-6-4-2-1-3-5-7-9-11-15-19(24,27)16-13-14-18(25)26/h1-3,5,7,9,11,15,27H,4,6,8,10,12-14,16-17,24H2,(H,25,26)/b2-1+,5-3+,9-7-,15-11+/t19-/m1/s1. The Kier molecular flexibility index (Phi) is 13.2. The number of aliphatic carboxylic acids is 1. The summed E-state index contributed by atoms with van der Waals surface area (Å²) in [6, 6.07) is 0. The number of unbranched alkanes of at least 4 members (excludes halogenated alkanes) is 4. The first-order chi connectivity index (χ1) is 12.6. The molecule has 0 aromatic heterocycles. The van der Waals surface area contributed by atoms with Crippen molar-refractivity contribution in [3.8, 4) is 0 Å². The third-order valence-electron chi connectivity index (χ3n) is 3.63. The molecule has 0 rings (SSSR count). The van der Waals surface area contributed by atoms with E-state index in [1.807, 2.05) is 18.2 Å². The summed E-state index contributed by atoms with van der Waals surface area (Å²) in [4.78, 5) is 10.4. The molecule has 0 fully saturated rings. The number of carboxylic acids is 1. The van der Waals surface area contributed by atoms with E-state index in [1.54, 1.807) is 24.3 Å². The Morgan fingerprint density at radius 3 is 2.07 bits per heavy atom. The predicted molar refractivity (Wildman–Crippen MR) is 101 cm³/mol. The number of alkyl halides is 3. The van der Waals surface area contributed by atoms with Gasteiger partial charge in [-0.05, 0) is 38.2 Å². The Balaban J connectivity index is 3.79. The molecule has 0 amide bonds. The molecule has 154 valence electrons. The fourth-order valence-corrected chi connectivity index (χ4v) is 2.20. The average Bonchev–Trinajstić information content (AvgIpc) is 2.53. The van der Waals surface area contributed by atoms with E-state index in [0.717, 1.165) is 19.3 Å². The number of hydrogen-bond acceptors (Lipinski definition) is 3. The minimum Gasteiger partial charge on any atom is -0.481 e. The molecular weight excluding hydrogens is 359 g/mol. The summed E-state index contributed by atoms with van der Waals surface area (Å²) in [7, 11) is 0. The lowest BCUT2D eigenvalue weighted by molar-refractivity contribution is -0.137. The average molecular weight is 389 g/mol. The highest BCUT2D eigenvalue weighted by Gasteiger charge is 2.25. The van der Waals surface area contributed by atoms with E-state index in [2.05, 4.69) is 0 Å². The number of allylic oxidation sites excluding steroid dienone is 7. The van der Waals surface area contributed by atoms with Crippen molar-refractivity contribution in [1.82, 2.24) is 0 Å². The molecule has 7 heteroatoms. The van der Waals surface area contributed by atoms with Gasteiger partial charge in [0.05, 0.1) is 0 Å². The van der Waals surface area contributed by atoms with Gasteiger partial charge in [0.2, 0.25) is 0 Å². The van der Waals surface area contributed by atoms with Crippen molar-refractivity contribution in [3.63, 3.8) is 0 Å². The molecule has 0 unspecified atom stereocenters. The smallest absolute Gasteiger partial charge is 0.389 e. The first-order valence-corrected chi connectivity index (χ1v) is 9.10. The van der Waals surface area contributed by atoms with Crippen LogP contribution in [-0.4, -0.2) is 28.1 Å². The van der Waals surface area contributed by atoms with E-state index >= 15 is 0 Å². The van der Waals surface area contributed by atoms with Crippen LogP contribution in [0.5, 0.6) is 0 Å². The number of carboxylic acid groups (broad SMARTS) is 1. The Bertz CT molecular complexity index is 521. The zero-order valence-corrected chi connectivity index (χ0v) is 15.5. The molecule has 4 nitrogen and oxygen atoms in total. The highest BCUT2D eigenvalue weighted by atomic mass is 19.4. The summed E-state index contributed by atoms with van der Waals surface area (Å²) in [5.74, 6) is -0.922. The molecule has 1 atom stereocenters. The van der Waals surface area contributed by atoms with Gasteiger partial charge in [0.25, 0.3) is 0 Å². The van der Waals surface area contributed by atoms with Gasteiger partial charge in [0, 0.05) is 12.8 Å². The van der Waals surface area contributed by atoms with Crippen LogP contribution >= 0.6 is 0 Å². The molecule has 0 aliphatic carbocycles. The summed E-state index contributed by atoms with van der Waals surface area (Å²) in [5.41, 5.74) is 4.10. The van der Waals surface area contributed by atoms with E-state index in [9.17, 15) is 23.1 Å². The molecule has 0 bridgehead atoms. The fraction of sp³-hybridized carbons (Fsp3) is 0.550. The van der Waals surface area contributed by atoms with Gasteiger partial charge in [-0.1, -0.05) is 55.4 Å². The molecule has 0 saturated heterocycles. The van der Waals surface area contributed by atoms with Crippen LogP contribution in [-0.2, 0) is 4.79 Å². The number of nitrogens with two attached hydrogens (primary N) is 1. The maximum Gasteiger partial charge on any atom is 0.389 e. The summed E-state index contributed by atoms with van der Waals surface area (Å²) in [6.07, 6.45) is 12.9. The van der Waals surface area contributed by atoms with E-state index < -0.39 is 24.3 Å². The predicted octanol–water partition coefficient (Wildman–Crippen LogP) is 5.02. The normalized spacial score (nSPS) is 15.4.